The molecule has 0 aromatic heterocycles. The minimum absolute atomic E-state index is 0.0916. The molecule has 1 heterocycles. The maximum atomic E-state index is 9.86. The van der Waals surface area contributed by atoms with Gasteiger partial charge in [0.05, 0.1) is 12.2 Å². The molecule has 2 aliphatic rings. The van der Waals surface area contributed by atoms with Crippen molar-refractivity contribution in [1.29, 1.82) is 0 Å². The van der Waals surface area contributed by atoms with Gasteiger partial charge in [0.25, 0.3) is 0 Å². The van der Waals surface area contributed by atoms with Crippen LogP contribution < -0.4 is 0 Å². The number of hydrogen-bond donors (Lipinski definition) is 2. The van der Waals surface area contributed by atoms with E-state index in [4.69, 9.17) is 0 Å². The van der Waals surface area contributed by atoms with Gasteiger partial charge in [-0.1, -0.05) is 0 Å². The van der Waals surface area contributed by atoms with Crippen LogP contribution >= 0.6 is 0 Å². The van der Waals surface area contributed by atoms with Gasteiger partial charge in [0.1, 0.15) is 0 Å². The van der Waals surface area contributed by atoms with Crippen LogP contribution in [0.3, 0.4) is 0 Å². The first-order chi connectivity index (χ1) is 8.06. The van der Waals surface area contributed by atoms with Crippen molar-refractivity contribution in [3.63, 3.8) is 0 Å². The number of hydrogen-bond acceptors (Lipinski definition) is 4. The zero-order valence-corrected chi connectivity index (χ0v) is 11.0. The second-order valence-corrected chi connectivity index (χ2v) is 5.96. The van der Waals surface area contributed by atoms with Gasteiger partial charge in [-0.15, -0.1) is 0 Å². The van der Waals surface area contributed by atoms with Gasteiger partial charge in [-0.25, -0.2) is 0 Å². The van der Waals surface area contributed by atoms with E-state index >= 15 is 0 Å². The third-order valence-corrected chi connectivity index (χ3v) is 4.15. The number of β-amino-alcohol motifs (C(OH)–C–C–N with tert-alkyl or cyclic N) is 1. The molecule has 0 spiro atoms. The molecule has 0 aromatic carbocycles. The van der Waals surface area contributed by atoms with Crippen LogP contribution in [0.5, 0.6) is 0 Å². The fourth-order valence-electron chi connectivity index (χ4n) is 3.35. The van der Waals surface area contributed by atoms with Crippen LogP contribution in [0.25, 0.3) is 0 Å². The van der Waals surface area contributed by atoms with E-state index in [1.165, 1.54) is 0 Å². The van der Waals surface area contributed by atoms with Gasteiger partial charge in [0, 0.05) is 25.2 Å². The van der Waals surface area contributed by atoms with Crippen LogP contribution in [0.2, 0.25) is 0 Å². The van der Waals surface area contributed by atoms with E-state index in [9.17, 15) is 10.2 Å². The Kier molecular flexibility index (Phi) is 4.42. The van der Waals surface area contributed by atoms with Crippen molar-refractivity contribution in [3.05, 3.63) is 0 Å². The fraction of sp³-hybridized carbons (Fsp3) is 1.00. The average Bonchev–Trinajstić information content (AvgIpc) is 2.59. The Morgan fingerprint density at radius 1 is 1.06 bits per heavy atom. The topological polar surface area (TPSA) is 46.9 Å². The van der Waals surface area contributed by atoms with Gasteiger partial charge in [-0.3, -0.25) is 4.90 Å². The summed E-state index contributed by atoms with van der Waals surface area (Å²) >= 11 is 0. The number of aliphatic hydroxyl groups is 2. The molecule has 4 nitrogen and oxygen atoms in total. The van der Waals surface area contributed by atoms with Crippen molar-refractivity contribution in [3.8, 4) is 0 Å². The molecule has 0 radical (unpaired) electrons. The smallest absolute Gasteiger partial charge is 0.0682 e. The molecular formula is C13H26N2O2. The molecule has 2 atom stereocenters. The van der Waals surface area contributed by atoms with Gasteiger partial charge in [0.15, 0.2) is 0 Å². The molecule has 2 fully saturated rings. The Morgan fingerprint density at radius 3 is 2.29 bits per heavy atom. The highest BCUT2D eigenvalue weighted by atomic mass is 16.3. The van der Waals surface area contributed by atoms with Crippen molar-refractivity contribution < 1.29 is 10.2 Å². The molecule has 1 aliphatic carbocycles. The monoisotopic (exact) mass is 242 g/mol. The molecule has 0 amide bonds. The highest BCUT2D eigenvalue weighted by Gasteiger charge is 2.36. The van der Waals surface area contributed by atoms with Crippen molar-refractivity contribution in [2.24, 2.45) is 0 Å². The summed E-state index contributed by atoms with van der Waals surface area (Å²) in [6.07, 6.45) is 4.66. The average molecular weight is 242 g/mol. The maximum Gasteiger partial charge on any atom is 0.0682 e. The zero-order chi connectivity index (χ0) is 12.4. The standard InChI is InChI=1S/C13H26N2O2/c1-14(2)8-11-7-13(17)9-15(11)10-3-5-12(16)6-4-10/h10-13,16-17H,3-9H2,1-2H3. The Bertz CT molecular complexity index is 240. The maximum absolute atomic E-state index is 9.86. The Morgan fingerprint density at radius 2 is 1.71 bits per heavy atom. The summed E-state index contributed by atoms with van der Waals surface area (Å²) in [7, 11) is 4.18. The molecule has 1 saturated carbocycles. The lowest BCUT2D eigenvalue weighted by Gasteiger charge is -2.37. The first-order valence-corrected chi connectivity index (χ1v) is 6.83. The second-order valence-electron chi connectivity index (χ2n) is 5.96. The quantitative estimate of drug-likeness (QED) is 0.746. The summed E-state index contributed by atoms with van der Waals surface area (Å²) in [4.78, 5) is 4.68. The number of rotatable bonds is 3. The van der Waals surface area contributed by atoms with E-state index in [0.29, 0.717) is 12.1 Å². The van der Waals surface area contributed by atoms with Crippen LogP contribution in [0.15, 0.2) is 0 Å². The molecule has 1 saturated heterocycles. The Labute approximate surface area is 104 Å². The SMILES string of the molecule is CN(C)CC1CC(O)CN1C1CCC(O)CC1. The lowest BCUT2D eigenvalue weighted by atomic mass is 9.91. The van der Waals surface area contributed by atoms with Crippen LogP contribution in [-0.4, -0.2) is 71.5 Å². The van der Waals surface area contributed by atoms with Crippen LogP contribution in [0.1, 0.15) is 32.1 Å². The Hall–Kier alpha value is -0.160. The van der Waals surface area contributed by atoms with Crippen molar-refractivity contribution in [2.75, 3.05) is 27.2 Å². The van der Waals surface area contributed by atoms with Gasteiger partial charge in [-0.05, 0) is 46.2 Å². The molecule has 2 N–H and O–H groups in total. The summed E-state index contributed by atoms with van der Waals surface area (Å²) in [5.74, 6) is 0. The van der Waals surface area contributed by atoms with Gasteiger partial charge in [0.2, 0.25) is 0 Å². The molecule has 17 heavy (non-hydrogen) atoms. The highest BCUT2D eigenvalue weighted by molar-refractivity contribution is 4.92. The van der Waals surface area contributed by atoms with E-state index in [1.807, 2.05) is 0 Å². The molecular weight excluding hydrogens is 216 g/mol. The summed E-state index contributed by atoms with van der Waals surface area (Å²) in [5.41, 5.74) is 0. The van der Waals surface area contributed by atoms with Gasteiger partial charge in [-0.2, -0.15) is 0 Å². The molecule has 4 heteroatoms. The Balaban J connectivity index is 1.93. The van der Waals surface area contributed by atoms with E-state index in [1.54, 1.807) is 0 Å². The lowest BCUT2D eigenvalue weighted by molar-refractivity contribution is 0.0585. The molecule has 2 unspecified atom stereocenters. The van der Waals surface area contributed by atoms with E-state index < -0.39 is 0 Å². The minimum atomic E-state index is -0.160. The normalized spacial score (nSPS) is 40.1. The van der Waals surface area contributed by atoms with Crippen molar-refractivity contribution in [1.82, 2.24) is 9.80 Å². The summed E-state index contributed by atoms with van der Waals surface area (Å²) in [6.45, 7) is 1.84. The summed E-state index contributed by atoms with van der Waals surface area (Å²) in [5, 5.41) is 19.4. The number of aliphatic hydroxyl groups excluding tert-OH is 2. The predicted molar refractivity (Wildman–Crippen MR) is 67.9 cm³/mol. The largest absolute Gasteiger partial charge is 0.393 e. The molecule has 0 aromatic rings. The summed E-state index contributed by atoms with van der Waals surface area (Å²) in [6, 6.07) is 1.06. The van der Waals surface area contributed by atoms with Crippen molar-refractivity contribution >= 4 is 0 Å². The van der Waals surface area contributed by atoms with Gasteiger partial charge < -0.3 is 15.1 Å². The van der Waals surface area contributed by atoms with Crippen LogP contribution in [0, 0.1) is 0 Å². The molecule has 100 valence electrons. The number of likely N-dealkylation sites (N-methyl/N-ethyl adjacent to an activating group) is 1. The number of likely N-dealkylation sites (tertiary alicyclic amines) is 1. The predicted octanol–water partition coefficient (Wildman–Crippen LogP) is 0.287. The molecule has 1 aliphatic heterocycles. The first kappa shape index (κ1) is 13.3. The zero-order valence-electron chi connectivity index (χ0n) is 11.0. The highest BCUT2D eigenvalue weighted by Crippen LogP contribution is 2.29. The fourth-order valence-corrected chi connectivity index (χ4v) is 3.35. The van der Waals surface area contributed by atoms with Crippen LogP contribution in [-0.2, 0) is 0 Å². The van der Waals surface area contributed by atoms with E-state index in [0.717, 1.165) is 45.2 Å². The van der Waals surface area contributed by atoms with Crippen molar-refractivity contribution in [2.45, 2.75) is 56.4 Å². The third-order valence-electron chi connectivity index (χ3n) is 4.15. The van der Waals surface area contributed by atoms with E-state index in [-0.39, 0.29) is 12.2 Å². The van der Waals surface area contributed by atoms with Crippen LogP contribution in [0.4, 0.5) is 0 Å². The second kappa shape index (κ2) is 5.65. The minimum Gasteiger partial charge on any atom is -0.393 e. The molecule has 0 bridgehead atoms. The summed E-state index contributed by atoms with van der Waals surface area (Å²) < 4.78 is 0. The number of nitrogens with zero attached hydrogens (tertiary/aromatic N) is 2. The molecule has 2 rings (SSSR count). The van der Waals surface area contributed by atoms with Gasteiger partial charge >= 0.3 is 0 Å². The third kappa shape index (κ3) is 3.41. The van der Waals surface area contributed by atoms with E-state index in [2.05, 4.69) is 23.9 Å². The first-order valence-electron chi connectivity index (χ1n) is 6.83. The lowest BCUT2D eigenvalue weighted by Crippen LogP contribution is -2.45.